The maximum atomic E-state index is 11.5. The van der Waals surface area contributed by atoms with Gasteiger partial charge in [0.1, 0.15) is 11.3 Å². The van der Waals surface area contributed by atoms with E-state index < -0.39 is 0 Å². The predicted octanol–water partition coefficient (Wildman–Crippen LogP) is 2.51. The summed E-state index contributed by atoms with van der Waals surface area (Å²) in [5.41, 5.74) is 0.539. The maximum Gasteiger partial charge on any atom is 0.192 e. The highest BCUT2D eigenvalue weighted by molar-refractivity contribution is 5.77. The predicted molar refractivity (Wildman–Crippen MR) is 75.8 cm³/mol. The van der Waals surface area contributed by atoms with Gasteiger partial charge in [-0.15, -0.1) is 0 Å². The Morgan fingerprint density at radius 1 is 1.21 bits per heavy atom. The molecule has 2 rings (SSSR count). The van der Waals surface area contributed by atoms with E-state index in [1.807, 2.05) is 6.07 Å². The molecule has 2 aromatic rings. The van der Waals surface area contributed by atoms with E-state index >= 15 is 0 Å². The zero-order valence-corrected chi connectivity index (χ0v) is 11.4. The molecule has 0 N–H and O–H groups in total. The lowest BCUT2D eigenvalue weighted by atomic mass is 10.2. The smallest absolute Gasteiger partial charge is 0.192 e. The van der Waals surface area contributed by atoms with Crippen molar-refractivity contribution in [2.45, 2.75) is 12.8 Å². The van der Waals surface area contributed by atoms with Crippen LogP contribution < -0.4 is 10.2 Å². The summed E-state index contributed by atoms with van der Waals surface area (Å²) in [6.45, 7) is 1.74. The molecule has 1 heterocycles. The van der Waals surface area contributed by atoms with E-state index in [0.717, 1.165) is 25.1 Å². The Morgan fingerprint density at radius 2 is 2.05 bits per heavy atom. The molecule has 19 heavy (non-hydrogen) atoms. The molecule has 0 fully saturated rings. The average Bonchev–Trinajstić information content (AvgIpc) is 2.38. The molecular weight excluding hydrogens is 242 g/mol. The molecule has 0 aliphatic heterocycles. The van der Waals surface area contributed by atoms with Crippen molar-refractivity contribution in [2.24, 2.45) is 0 Å². The second-order valence-corrected chi connectivity index (χ2v) is 4.80. The molecule has 4 nitrogen and oxygen atoms in total. The largest absolute Gasteiger partial charge is 0.493 e. The molecule has 1 aromatic heterocycles. The third kappa shape index (κ3) is 3.83. The summed E-state index contributed by atoms with van der Waals surface area (Å²) in [5, 5.41) is 0.586. The number of unbranched alkanes of at least 4 members (excludes halogenated alkanes) is 1. The summed E-state index contributed by atoms with van der Waals surface area (Å²) in [7, 11) is 4.12. The van der Waals surface area contributed by atoms with Gasteiger partial charge >= 0.3 is 0 Å². The summed E-state index contributed by atoms with van der Waals surface area (Å²) in [4.78, 5) is 13.7. The van der Waals surface area contributed by atoms with Crippen molar-refractivity contribution in [1.82, 2.24) is 4.90 Å². The summed E-state index contributed by atoms with van der Waals surface area (Å²) in [6.07, 6.45) is 3.52. The topological polar surface area (TPSA) is 42.7 Å². The Bertz CT molecular complexity index is 589. The van der Waals surface area contributed by atoms with Crippen LogP contribution in [0.1, 0.15) is 12.8 Å². The van der Waals surface area contributed by atoms with Crippen molar-refractivity contribution in [3.05, 3.63) is 40.8 Å². The van der Waals surface area contributed by atoms with Crippen LogP contribution in [-0.4, -0.2) is 32.1 Å². The first-order valence-electron chi connectivity index (χ1n) is 6.46. The average molecular weight is 261 g/mol. The fraction of sp³-hybridized carbons (Fsp3) is 0.400. The Morgan fingerprint density at radius 3 is 2.84 bits per heavy atom. The van der Waals surface area contributed by atoms with Gasteiger partial charge in [0.2, 0.25) is 0 Å². The van der Waals surface area contributed by atoms with Gasteiger partial charge in [-0.1, -0.05) is 0 Å². The quantitative estimate of drug-likeness (QED) is 0.749. The number of nitrogens with zero attached hydrogens (tertiary/aromatic N) is 1. The number of benzene rings is 1. The lowest BCUT2D eigenvalue weighted by Crippen LogP contribution is -2.13. The van der Waals surface area contributed by atoms with Crippen molar-refractivity contribution in [2.75, 3.05) is 27.2 Å². The molecule has 0 amide bonds. The Labute approximate surface area is 112 Å². The zero-order chi connectivity index (χ0) is 13.7. The van der Waals surface area contributed by atoms with E-state index in [4.69, 9.17) is 9.15 Å². The fourth-order valence-corrected chi connectivity index (χ4v) is 1.87. The maximum absolute atomic E-state index is 11.5. The van der Waals surface area contributed by atoms with Crippen LogP contribution >= 0.6 is 0 Å². The molecule has 0 unspecified atom stereocenters. The van der Waals surface area contributed by atoms with Crippen molar-refractivity contribution in [3.63, 3.8) is 0 Å². The molecule has 1 aromatic carbocycles. The zero-order valence-electron chi connectivity index (χ0n) is 11.4. The summed E-state index contributed by atoms with van der Waals surface area (Å²) in [5.74, 6) is 0.742. The van der Waals surface area contributed by atoms with Gasteiger partial charge in [-0.2, -0.15) is 0 Å². The van der Waals surface area contributed by atoms with Crippen molar-refractivity contribution in [3.8, 4) is 5.75 Å². The normalized spacial score (nSPS) is 11.1. The molecule has 0 atom stereocenters. The van der Waals surface area contributed by atoms with E-state index in [9.17, 15) is 4.79 Å². The standard InChI is InChI=1S/C15H19NO3/c1-16(2)8-3-4-9-18-12-5-6-13-14(17)7-10-19-15(13)11-12/h5-7,10-11H,3-4,8-9H2,1-2H3. The van der Waals surface area contributed by atoms with E-state index in [-0.39, 0.29) is 5.43 Å². The number of hydrogen-bond acceptors (Lipinski definition) is 4. The van der Waals surface area contributed by atoms with E-state index in [1.165, 1.54) is 12.3 Å². The second kappa shape index (κ2) is 6.38. The van der Waals surface area contributed by atoms with Crippen LogP contribution in [0.25, 0.3) is 11.0 Å². The van der Waals surface area contributed by atoms with Crippen LogP contribution in [0.15, 0.2) is 39.7 Å². The molecule has 0 saturated carbocycles. The van der Waals surface area contributed by atoms with Crippen LogP contribution in [-0.2, 0) is 0 Å². The highest BCUT2D eigenvalue weighted by Crippen LogP contribution is 2.18. The minimum absolute atomic E-state index is 0.0289. The molecule has 0 bridgehead atoms. The van der Waals surface area contributed by atoms with Gasteiger partial charge in [0, 0.05) is 12.1 Å². The van der Waals surface area contributed by atoms with E-state index in [1.54, 1.807) is 12.1 Å². The summed E-state index contributed by atoms with van der Waals surface area (Å²) >= 11 is 0. The van der Waals surface area contributed by atoms with Crippen molar-refractivity contribution < 1.29 is 9.15 Å². The van der Waals surface area contributed by atoms with Crippen LogP contribution in [0, 0.1) is 0 Å². The van der Waals surface area contributed by atoms with E-state index in [2.05, 4.69) is 19.0 Å². The first kappa shape index (κ1) is 13.6. The highest BCUT2D eigenvalue weighted by atomic mass is 16.5. The monoisotopic (exact) mass is 261 g/mol. The first-order chi connectivity index (χ1) is 9.16. The Kier molecular flexibility index (Phi) is 4.58. The van der Waals surface area contributed by atoms with E-state index in [0.29, 0.717) is 17.6 Å². The van der Waals surface area contributed by atoms with Crippen LogP contribution in [0.2, 0.25) is 0 Å². The Balaban J connectivity index is 1.93. The molecule has 0 spiro atoms. The minimum atomic E-state index is -0.0289. The van der Waals surface area contributed by atoms with Gasteiger partial charge in [-0.25, -0.2) is 0 Å². The molecule has 4 heteroatoms. The van der Waals surface area contributed by atoms with Gasteiger partial charge in [-0.3, -0.25) is 4.79 Å². The van der Waals surface area contributed by atoms with Crippen LogP contribution in [0.5, 0.6) is 5.75 Å². The number of fused-ring (bicyclic) bond motifs is 1. The summed E-state index contributed by atoms with van der Waals surface area (Å²) in [6, 6.07) is 6.74. The lowest BCUT2D eigenvalue weighted by molar-refractivity contribution is 0.293. The number of hydrogen-bond donors (Lipinski definition) is 0. The minimum Gasteiger partial charge on any atom is -0.493 e. The third-order valence-corrected chi connectivity index (χ3v) is 2.90. The fourth-order valence-electron chi connectivity index (χ4n) is 1.87. The van der Waals surface area contributed by atoms with Crippen molar-refractivity contribution in [1.29, 1.82) is 0 Å². The Hall–Kier alpha value is -1.81. The second-order valence-electron chi connectivity index (χ2n) is 4.80. The third-order valence-electron chi connectivity index (χ3n) is 2.90. The lowest BCUT2D eigenvalue weighted by Gasteiger charge is -2.10. The SMILES string of the molecule is CN(C)CCCCOc1ccc2c(=O)ccoc2c1. The van der Waals surface area contributed by atoms with Gasteiger partial charge in [0.15, 0.2) is 5.43 Å². The molecule has 0 aliphatic carbocycles. The molecule has 0 saturated heterocycles. The van der Waals surface area contributed by atoms with Crippen molar-refractivity contribution >= 4 is 11.0 Å². The number of ether oxygens (including phenoxy) is 1. The van der Waals surface area contributed by atoms with Crippen LogP contribution in [0.3, 0.4) is 0 Å². The molecule has 0 aliphatic rings. The van der Waals surface area contributed by atoms with Crippen LogP contribution in [0.4, 0.5) is 0 Å². The molecule has 102 valence electrons. The molecular formula is C15H19NO3. The highest BCUT2D eigenvalue weighted by Gasteiger charge is 2.02. The van der Waals surface area contributed by atoms with Gasteiger partial charge in [0.25, 0.3) is 0 Å². The van der Waals surface area contributed by atoms with Gasteiger partial charge in [0.05, 0.1) is 18.3 Å². The first-order valence-corrected chi connectivity index (χ1v) is 6.46. The number of rotatable bonds is 6. The van der Waals surface area contributed by atoms with Gasteiger partial charge in [-0.05, 0) is 45.6 Å². The molecule has 0 radical (unpaired) electrons. The van der Waals surface area contributed by atoms with Gasteiger partial charge < -0.3 is 14.1 Å². The summed E-state index contributed by atoms with van der Waals surface area (Å²) < 4.78 is 11.0.